The first-order chi connectivity index (χ1) is 27.7. The maximum atomic E-state index is 13.3. The highest BCUT2D eigenvalue weighted by Gasteiger charge is 2.55. The van der Waals surface area contributed by atoms with E-state index < -0.39 is 110 Å². The van der Waals surface area contributed by atoms with Crippen LogP contribution in [0.25, 0.3) is 6.08 Å². The van der Waals surface area contributed by atoms with E-state index in [4.69, 9.17) is 37.9 Å². The predicted molar refractivity (Wildman–Crippen MR) is 204 cm³/mol. The van der Waals surface area contributed by atoms with Gasteiger partial charge in [0.2, 0.25) is 0 Å². The molecule has 0 aromatic heterocycles. The predicted octanol–water partition coefficient (Wildman–Crippen LogP) is 3.40. The zero-order chi connectivity index (χ0) is 42.4. The van der Waals surface area contributed by atoms with Crippen molar-refractivity contribution in [3.8, 4) is 0 Å². The first-order valence-corrected chi connectivity index (χ1v) is 20.0. The van der Waals surface area contributed by atoms with E-state index >= 15 is 0 Å². The molecular weight excluding hydrogens is 760 g/mol. The highest BCUT2D eigenvalue weighted by molar-refractivity contribution is 5.88. The summed E-state index contributed by atoms with van der Waals surface area (Å²) in [6.45, 7) is 7.17. The van der Waals surface area contributed by atoms with Gasteiger partial charge in [0.15, 0.2) is 36.7 Å². The van der Waals surface area contributed by atoms with Crippen molar-refractivity contribution in [3.05, 3.63) is 53.6 Å². The van der Waals surface area contributed by atoms with Crippen LogP contribution in [0.4, 0.5) is 0 Å². The van der Waals surface area contributed by atoms with E-state index in [-0.39, 0.29) is 24.8 Å². The van der Waals surface area contributed by atoms with Crippen molar-refractivity contribution in [1.29, 1.82) is 0 Å². The van der Waals surface area contributed by atoms with Gasteiger partial charge in [0.05, 0.1) is 18.6 Å². The van der Waals surface area contributed by atoms with Crippen LogP contribution in [0.15, 0.2) is 48.1 Å². The molecule has 3 fully saturated rings. The molecule has 16 heteroatoms. The number of aliphatic hydroxyl groups is 3. The van der Waals surface area contributed by atoms with E-state index in [9.17, 15) is 39.3 Å². The quantitative estimate of drug-likeness (QED) is 0.194. The van der Waals surface area contributed by atoms with Gasteiger partial charge in [-0.05, 0) is 51.7 Å². The van der Waals surface area contributed by atoms with Gasteiger partial charge in [0.25, 0.3) is 0 Å². The van der Waals surface area contributed by atoms with Gasteiger partial charge in [-0.1, -0.05) is 69.0 Å². The van der Waals surface area contributed by atoms with Crippen molar-refractivity contribution in [2.45, 2.75) is 166 Å². The molecule has 322 valence electrons. The summed E-state index contributed by atoms with van der Waals surface area (Å²) in [5.41, 5.74) is 0.821. The number of esters is 4. The van der Waals surface area contributed by atoms with Crippen LogP contribution in [0.3, 0.4) is 0 Å². The summed E-state index contributed by atoms with van der Waals surface area (Å²) < 4.78 is 47.5. The molecule has 3 saturated heterocycles. The SMILES string of the molecule is CC=C(C)C(=O)OC1C(O)C2OC(COC(=O)CCC(=O)[C@@H](O)CCCCC[C@H](CCC)OC3OC(C)C(OC(C)=O)C(O)C3O2)C1OC(=O)C=Cc1ccccc1. The maximum absolute atomic E-state index is 13.3. The summed E-state index contributed by atoms with van der Waals surface area (Å²) in [7, 11) is 0. The molecule has 58 heavy (non-hydrogen) atoms. The first kappa shape index (κ1) is 46.7. The van der Waals surface area contributed by atoms with Gasteiger partial charge in [0, 0.05) is 25.0 Å². The highest BCUT2D eigenvalue weighted by Crippen LogP contribution is 2.34. The molecule has 0 radical (unpaired) electrons. The minimum atomic E-state index is -1.90. The van der Waals surface area contributed by atoms with Crippen LogP contribution in [0.1, 0.15) is 98.0 Å². The minimum Gasteiger partial charge on any atom is -0.463 e. The van der Waals surface area contributed by atoms with Crippen LogP contribution in [-0.2, 0) is 61.9 Å². The van der Waals surface area contributed by atoms with E-state index in [1.807, 2.05) is 6.92 Å². The number of ketones is 1. The van der Waals surface area contributed by atoms with Gasteiger partial charge >= 0.3 is 23.9 Å². The zero-order valence-electron chi connectivity index (χ0n) is 33.8. The second-order valence-corrected chi connectivity index (χ2v) is 14.7. The molecule has 0 aliphatic carbocycles. The monoisotopic (exact) mass is 818 g/mol. The number of carbonyl (C=O) groups excluding carboxylic acids is 5. The van der Waals surface area contributed by atoms with Crippen LogP contribution < -0.4 is 0 Å². The lowest BCUT2D eigenvalue weighted by Gasteiger charge is -2.47. The Balaban J connectivity index is 1.75. The molecule has 12 atom stereocenters. The lowest BCUT2D eigenvalue weighted by Crippen LogP contribution is -2.65. The lowest BCUT2D eigenvalue weighted by atomic mass is 9.96. The largest absolute Gasteiger partial charge is 0.463 e. The second-order valence-electron chi connectivity index (χ2n) is 14.7. The summed E-state index contributed by atoms with van der Waals surface area (Å²) in [6.07, 6.45) is -9.26. The van der Waals surface area contributed by atoms with Gasteiger partial charge in [-0.3, -0.25) is 14.4 Å². The van der Waals surface area contributed by atoms with Crippen molar-refractivity contribution in [2.75, 3.05) is 6.61 Å². The number of hydrogen-bond donors (Lipinski definition) is 3. The number of aliphatic hydroxyl groups excluding tert-OH is 3. The average Bonchev–Trinajstić information content (AvgIpc) is 3.20. The fourth-order valence-electron chi connectivity index (χ4n) is 6.89. The number of hydrogen-bond acceptors (Lipinski definition) is 16. The Bertz CT molecular complexity index is 1580. The van der Waals surface area contributed by atoms with Crippen LogP contribution >= 0.6 is 0 Å². The Morgan fingerprint density at radius 3 is 2.24 bits per heavy atom. The third-order valence-electron chi connectivity index (χ3n) is 10.2. The Morgan fingerprint density at radius 2 is 1.55 bits per heavy atom. The summed E-state index contributed by atoms with van der Waals surface area (Å²) in [6, 6.07) is 8.84. The number of Topliss-reactive ketones (excluding diaryl/α,β-unsaturated/α-hetero) is 1. The number of rotatable bonds is 8. The molecule has 0 spiro atoms. The summed E-state index contributed by atoms with van der Waals surface area (Å²) in [4.78, 5) is 64.3. The molecule has 0 amide bonds. The average molecular weight is 819 g/mol. The number of cyclic esters (lactones) is 1. The molecule has 3 heterocycles. The summed E-state index contributed by atoms with van der Waals surface area (Å²) in [5, 5.41) is 34.1. The van der Waals surface area contributed by atoms with E-state index in [1.165, 1.54) is 26.0 Å². The normalized spacial score (nSPS) is 33.6. The molecule has 4 rings (SSSR count). The molecule has 1 aromatic rings. The molecule has 16 nitrogen and oxygen atoms in total. The van der Waals surface area contributed by atoms with Gasteiger partial charge in [-0.25, -0.2) is 9.59 Å². The Hall–Kier alpha value is -4.03. The van der Waals surface area contributed by atoms with Gasteiger partial charge < -0.3 is 53.2 Å². The second kappa shape index (κ2) is 22.9. The smallest absolute Gasteiger partial charge is 0.333 e. The van der Waals surface area contributed by atoms with Crippen molar-refractivity contribution >= 4 is 35.7 Å². The maximum Gasteiger partial charge on any atom is 0.333 e. The Labute approximate surface area is 338 Å². The van der Waals surface area contributed by atoms with Crippen molar-refractivity contribution in [3.63, 3.8) is 0 Å². The third kappa shape index (κ3) is 13.5. The van der Waals surface area contributed by atoms with Crippen molar-refractivity contribution in [2.24, 2.45) is 0 Å². The molecule has 3 aliphatic rings. The first-order valence-electron chi connectivity index (χ1n) is 20.0. The third-order valence-corrected chi connectivity index (χ3v) is 10.2. The number of fused-ring (bicyclic) bond motifs is 3. The number of carbonyl (C=O) groups is 5. The number of benzene rings is 1. The van der Waals surface area contributed by atoms with Gasteiger partial charge in [-0.2, -0.15) is 0 Å². The molecule has 2 bridgehead atoms. The highest BCUT2D eigenvalue weighted by atomic mass is 16.8. The topological polar surface area (TPSA) is 220 Å². The zero-order valence-corrected chi connectivity index (χ0v) is 33.8. The van der Waals surface area contributed by atoms with Gasteiger partial charge in [0.1, 0.15) is 37.1 Å². The molecule has 1 aromatic carbocycles. The molecule has 3 N–H and O–H groups in total. The van der Waals surface area contributed by atoms with Crippen molar-refractivity contribution in [1.82, 2.24) is 0 Å². The van der Waals surface area contributed by atoms with Crippen LogP contribution in [0.2, 0.25) is 0 Å². The number of ether oxygens (including phenoxy) is 8. The van der Waals surface area contributed by atoms with Crippen LogP contribution in [0.5, 0.6) is 0 Å². The van der Waals surface area contributed by atoms with E-state index in [0.29, 0.717) is 37.7 Å². The summed E-state index contributed by atoms with van der Waals surface area (Å²) >= 11 is 0. The molecule has 3 aliphatic heterocycles. The molecule has 0 saturated carbocycles. The Kier molecular flexibility index (Phi) is 18.5. The van der Waals surface area contributed by atoms with Crippen molar-refractivity contribution < 1.29 is 77.2 Å². The fraction of sp³-hybridized carbons (Fsp3) is 0.643. The fourth-order valence-corrected chi connectivity index (χ4v) is 6.89. The van der Waals surface area contributed by atoms with E-state index in [1.54, 1.807) is 44.2 Å². The number of allylic oxidation sites excluding steroid dienone is 1. The molecular formula is C42H58O16. The van der Waals surface area contributed by atoms with Crippen LogP contribution in [0, 0.1) is 0 Å². The van der Waals surface area contributed by atoms with Gasteiger partial charge in [-0.15, -0.1) is 0 Å². The minimum absolute atomic E-state index is 0.151. The van der Waals surface area contributed by atoms with E-state index in [0.717, 1.165) is 12.5 Å². The standard InChI is InChI=1S/C42H58O16/c1-6-14-28-17-12-9-13-18-29(44)30(45)20-22-32(46)51-23-31-37(56-33(47)21-19-27-15-10-8-11-16-27)38(57-40(50)24(3)7-2)35(49)41(55-31)58-39-34(48)36(53-26(5)43)25(4)52-42(39)54-28/h7-8,10-11,15-16,19,21,25,28-29,31,34-39,41-42,44,48-49H,6,9,12-14,17-18,20,22-23H2,1-5H3/t25?,28-,29-,31?,34?,35?,36?,37?,38?,39?,41?,42?/m0/s1. The van der Waals surface area contributed by atoms with Crippen LogP contribution in [-0.4, -0.2) is 125 Å². The lowest BCUT2D eigenvalue weighted by molar-refractivity contribution is -0.369. The summed E-state index contributed by atoms with van der Waals surface area (Å²) in [5.74, 6) is -3.87. The Morgan fingerprint density at radius 1 is 0.828 bits per heavy atom. The van der Waals surface area contributed by atoms with E-state index in [2.05, 4.69) is 0 Å². The molecule has 10 unspecified atom stereocenters.